The molecule has 0 aromatic carbocycles. The Kier molecular flexibility index (Phi) is 4.28. The molecule has 1 spiro atoms. The lowest BCUT2D eigenvalue weighted by atomic mass is 9.89. The van der Waals surface area contributed by atoms with E-state index in [1.807, 2.05) is 31.7 Å². The van der Waals surface area contributed by atoms with Crippen LogP contribution in [0.3, 0.4) is 0 Å². The third-order valence-electron chi connectivity index (χ3n) is 4.68. The molecule has 2 aliphatic rings. The molecular formula is C17H25NO4. The van der Waals surface area contributed by atoms with Crippen molar-refractivity contribution < 1.29 is 18.7 Å². The normalized spacial score (nSPS) is 28.5. The highest BCUT2D eigenvalue weighted by Crippen LogP contribution is 2.36. The van der Waals surface area contributed by atoms with E-state index >= 15 is 0 Å². The third kappa shape index (κ3) is 2.92. The summed E-state index contributed by atoms with van der Waals surface area (Å²) >= 11 is 0. The van der Waals surface area contributed by atoms with Gasteiger partial charge in [0.05, 0.1) is 30.4 Å². The van der Waals surface area contributed by atoms with Gasteiger partial charge in [-0.15, -0.1) is 0 Å². The number of aryl methyl sites for hydroxylation is 2. The van der Waals surface area contributed by atoms with Crippen molar-refractivity contribution in [2.24, 2.45) is 0 Å². The van der Waals surface area contributed by atoms with Gasteiger partial charge in [0, 0.05) is 19.6 Å². The summed E-state index contributed by atoms with van der Waals surface area (Å²) in [6, 6.07) is 1.83. The Bertz CT molecular complexity index is 553. The van der Waals surface area contributed by atoms with Crippen molar-refractivity contribution in [1.29, 1.82) is 0 Å². The third-order valence-corrected chi connectivity index (χ3v) is 4.68. The van der Waals surface area contributed by atoms with Crippen molar-refractivity contribution in [3.8, 4) is 0 Å². The molecule has 2 aliphatic heterocycles. The molecule has 0 radical (unpaired) electrons. The number of rotatable bonds is 3. The molecule has 3 heterocycles. The zero-order chi connectivity index (χ0) is 15.7. The number of likely N-dealkylation sites (tertiary alicyclic amines) is 1. The van der Waals surface area contributed by atoms with Gasteiger partial charge >= 0.3 is 0 Å². The average molecular weight is 307 g/mol. The maximum atomic E-state index is 12.8. The Morgan fingerprint density at radius 2 is 2.32 bits per heavy atom. The molecule has 1 amide bonds. The van der Waals surface area contributed by atoms with Crippen molar-refractivity contribution in [1.82, 2.24) is 4.90 Å². The van der Waals surface area contributed by atoms with Gasteiger partial charge in [0.15, 0.2) is 0 Å². The number of furan rings is 1. The number of nitrogens with zero attached hydrogens (tertiary/aromatic N) is 1. The van der Waals surface area contributed by atoms with Crippen LogP contribution in [0.4, 0.5) is 0 Å². The molecule has 1 aromatic rings. The molecule has 0 N–H and O–H groups in total. The standard InChI is InChI=1S/C17H25NO4/c1-4-20-14-9-17(21-10-14)6-5-7-18(11-17)16(19)15-8-12(2)22-13(15)3/h8,14H,4-7,9-11H2,1-3H3/t14-,17+/m0/s1. The van der Waals surface area contributed by atoms with Crippen LogP contribution in [0.2, 0.25) is 0 Å². The Labute approximate surface area is 131 Å². The fraction of sp³-hybridized carbons (Fsp3) is 0.706. The van der Waals surface area contributed by atoms with Gasteiger partial charge in [-0.25, -0.2) is 0 Å². The van der Waals surface area contributed by atoms with E-state index in [4.69, 9.17) is 13.9 Å². The molecular weight excluding hydrogens is 282 g/mol. The van der Waals surface area contributed by atoms with E-state index in [0.29, 0.717) is 31.1 Å². The van der Waals surface area contributed by atoms with Crippen LogP contribution >= 0.6 is 0 Å². The summed E-state index contributed by atoms with van der Waals surface area (Å²) in [5, 5.41) is 0. The zero-order valence-electron chi connectivity index (χ0n) is 13.7. The summed E-state index contributed by atoms with van der Waals surface area (Å²) in [7, 11) is 0. The highest BCUT2D eigenvalue weighted by atomic mass is 16.6. The molecule has 3 rings (SSSR count). The molecule has 5 heteroatoms. The maximum Gasteiger partial charge on any atom is 0.257 e. The molecule has 0 unspecified atom stereocenters. The largest absolute Gasteiger partial charge is 0.466 e. The highest BCUT2D eigenvalue weighted by Gasteiger charge is 2.45. The molecule has 0 aliphatic carbocycles. The minimum atomic E-state index is -0.222. The topological polar surface area (TPSA) is 51.9 Å². The van der Waals surface area contributed by atoms with Crippen LogP contribution in [0.5, 0.6) is 0 Å². The summed E-state index contributed by atoms with van der Waals surface area (Å²) < 4.78 is 17.2. The van der Waals surface area contributed by atoms with Gasteiger partial charge in [-0.2, -0.15) is 0 Å². The second kappa shape index (κ2) is 6.05. The van der Waals surface area contributed by atoms with Gasteiger partial charge in [-0.05, 0) is 39.7 Å². The summed E-state index contributed by atoms with van der Waals surface area (Å²) in [4.78, 5) is 14.7. The molecule has 22 heavy (non-hydrogen) atoms. The van der Waals surface area contributed by atoms with Crippen molar-refractivity contribution in [2.75, 3.05) is 26.3 Å². The molecule has 0 saturated carbocycles. The van der Waals surface area contributed by atoms with Crippen LogP contribution in [0.25, 0.3) is 0 Å². The van der Waals surface area contributed by atoms with E-state index in [1.165, 1.54) is 0 Å². The van der Waals surface area contributed by atoms with Gasteiger partial charge in [0.2, 0.25) is 0 Å². The Hall–Kier alpha value is -1.33. The van der Waals surface area contributed by atoms with Crippen molar-refractivity contribution in [2.45, 2.75) is 51.7 Å². The second-order valence-corrected chi connectivity index (χ2v) is 6.43. The first-order valence-electron chi connectivity index (χ1n) is 8.15. The SMILES string of the molecule is CCO[C@@H]1CO[C@]2(CCCN(C(=O)c3cc(C)oc3C)C2)C1. The molecule has 1 aromatic heterocycles. The quantitative estimate of drug-likeness (QED) is 0.861. The number of piperidine rings is 1. The van der Waals surface area contributed by atoms with Gasteiger partial charge in [0.1, 0.15) is 11.5 Å². The predicted molar refractivity (Wildman–Crippen MR) is 82.0 cm³/mol. The lowest BCUT2D eigenvalue weighted by Crippen LogP contribution is -2.50. The van der Waals surface area contributed by atoms with E-state index in [0.717, 1.165) is 31.6 Å². The van der Waals surface area contributed by atoms with Crippen LogP contribution in [-0.2, 0) is 9.47 Å². The van der Waals surface area contributed by atoms with Crippen molar-refractivity contribution in [3.05, 3.63) is 23.2 Å². The number of carbonyl (C=O) groups is 1. The fourth-order valence-corrected chi connectivity index (χ4v) is 3.71. The minimum Gasteiger partial charge on any atom is -0.466 e. The Morgan fingerprint density at radius 1 is 1.50 bits per heavy atom. The average Bonchev–Trinajstić information content (AvgIpc) is 3.02. The number of carbonyl (C=O) groups excluding carboxylic acids is 1. The Morgan fingerprint density at radius 3 is 3.00 bits per heavy atom. The summed E-state index contributed by atoms with van der Waals surface area (Å²) in [6.45, 7) is 8.50. The van der Waals surface area contributed by atoms with E-state index in [-0.39, 0.29) is 17.6 Å². The second-order valence-electron chi connectivity index (χ2n) is 6.43. The summed E-state index contributed by atoms with van der Waals surface area (Å²) in [6.07, 6.45) is 3.02. The maximum absolute atomic E-state index is 12.8. The van der Waals surface area contributed by atoms with Gasteiger partial charge in [-0.3, -0.25) is 4.79 Å². The van der Waals surface area contributed by atoms with Crippen LogP contribution in [-0.4, -0.2) is 48.8 Å². The molecule has 122 valence electrons. The smallest absolute Gasteiger partial charge is 0.257 e. The van der Waals surface area contributed by atoms with Crippen LogP contribution in [0.1, 0.15) is 48.1 Å². The first-order chi connectivity index (χ1) is 10.5. The molecule has 2 fully saturated rings. The molecule has 5 nitrogen and oxygen atoms in total. The lowest BCUT2D eigenvalue weighted by molar-refractivity contribution is -0.0462. The monoisotopic (exact) mass is 307 g/mol. The highest BCUT2D eigenvalue weighted by molar-refractivity contribution is 5.95. The number of hydrogen-bond acceptors (Lipinski definition) is 4. The van der Waals surface area contributed by atoms with Crippen LogP contribution in [0.15, 0.2) is 10.5 Å². The number of hydrogen-bond donors (Lipinski definition) is 0. The van der Waals surface area contributed by atoms with Crippen LogP contribution < -0.4 is 0 Å². The van der Waals surface area contributed by atoms with Crippen LogP contribution in [0, 0.1) is 13.8 Å². The summed E-state index contributed by atoms with van der Waals surface area (Å²) in [5.41, 5.74) is 0.453. The van der Waals surface area contributed by atoms with E-state index in [9.17, 15) is 4.79 Å². The predicted octanol–water partition coefficient (Wildman–Crippen LogP) is 2.70. The molecule has 2 atom stereocenters. The zero-order valence-corrected chi connectivity index (χ0v) is 13.7. The van der Waals surface area contributed by atoms with Gasteiger partial charge < -0.3 is 18.8 Å². The summed E-state index contributed by atoms with van der Waals surface area (Å²) in [5.74, 6) is 1.53. The Balaban J connectivity index is 1.71. The van der Waals surface area contributed by atoms with Crippen molar-refractivity contribution in [3.63, 3.8) is 0 Å². The van der Waals surface area contributed by atoms with Gasteiger partial charge in [-0.1, -0.05) is 0 Å². The molecule has 0 bridgehead atoms. The molecule has 2 saturated heterocycles. The van der Waals surface area contributed by atoms with Crippen molar-refractivity contribution >= 4 is 5.91 Å². The lowest BCUT2D eigenvalue weighted by Gasteiger charge is -2.39. The van der Waals surface area contributed by atoms with Gasteiger partial charge in [0.25, 0.3) is 5.91 Å². The first kappa shape index (κ1) is 15.6. The van der Waals surface area contributed by atoms with E-state index in [2.05, 4.69) is 0 Å². The number of amides is 1. The van der Waals surface area contributed by atoms with E-state index in [1.54, 1.807) is 0 Å². The first-order valence-corrected chi connectivity index (χ1v) is 8.15. The fourth-order valence-electron chi connectivity index (χ4n) is 3.71. The number of ether oxygens (including phenoxy) is 2. The van der Waals surface area contributed by atoms with E-state index < -0.39 is 0 Å². The minimum absolute atomic E-state index is 0.0527.